The lowest BCUT2D eigenvalue weighted by molar-refractivity contribution is -0.124. The van der Waals surface area contributed by atoms with E-state index in [1.165, 1.54) is 5.56 Å². The van der Waals surface area contributed by atoms with Crippen LogP contribution < -0.4 is 5.32 Å². The van der Waals surface area contributed by atoms with Gasteiger partial charge in [0.25, 0.3) is 0 Å². The van der Waals surface area contributed by atoms with Gasteiger partial charge in [0.1, 0.15) is 11.9 Å². The second kappa shape index (κ2) is 10.1. The quantitative estimate of drug-likeness (QED) is 0.354. The van der Waals surface area contributed by atoms with E-state index in [1.807, 2.05) is 54.6 Å². The molecular weight excluding hydrogens is 382 g/mol. The predicted molar refractivity (Wildman–Crippen MR) is 127 cm³/mol. The number of nitrogens with zero attached hydrogens (tertiary/aromatic N) is 2. The summed E-state index contributed by atoms with van der Waals surface area (Å²) in [6, 6.07) is 28.3. The van der Waals surface area contributed by atoms with Gasteiger partial charge in [-0.1, -0.05) is 86.1 Å². The number of aryl methyl sites for hydroxylation is 1. The number of hydrogen-bond donors (Lipinski definition) is 1. The van der Waals surface area contributed by atoms with Crippen molar-refractivity contribution in [2.75, 3.05) is 6.54 Å². The second-order valence-electron chi connectivity index (χ2n) is 7.84. The highest BCUT2D eigenvalue weighted by Crippen LogP contribution is 2.30. The number of imidazole rings is 1. The van der Waals surface area contributed by atoms with Crippen molar-refractivity contribution in [2.45, 2.75) is 38.6 Å². The molecule has 0 aliphatic heterocycles. The van der Waals surface area contributed by atoms with Crippen LogP contribution in [0.1, 0.15) is 37.8 Å². The van der Waals surface area contributed by atoms with Gasteiger partial charge in [0.05, 0.1) is 11.0 Å². The van der Waals surface area contributed by atoms with Crippen LogP contribution in [0.3, 0.4) is 0 Å². The van der Waals surface area contributed by atoms with Crippen LogP contribution in [-0.4, -0.2) is 22.0 Å². The number of hydrogen-bond acceptors (Lipinski definition) is 2. The van der Waals surface area contributed by atoms with Gasteiger partial charge in [-0.25, -0.2) is 4.98 Å². The summed E-state index contributed by atoms with van der Waals surface area (Å²) in [5.74, 6) is 0.898. The van der Waals surface area contributed by atoms with Crippen molar-refractivity contribution in [3.63, 3.8) is 0 Å². The fraction of sp³-hybridized carbons (Fsp3) is 0.259. The van der Waals surface area contributed by atoms with Crippen molar-refractivity contribution in [1.29, 1.82) is 0 Å². The van der Waals surface area contributed by atoms with Crippen molar-refractivity contribution in [1.82, 2.24) is 14.9 Å². The number of fused-ring (bicyclic) bond motifs is 1. The Morgan fingerprint density at radius 1 is 0.935 bits per heavy atom. The number of rotatable bonds is 9. The van der Waals surface area contributed by atoms with Crippen molar-refractivity contribution >= 4 is 16.9 Å². The topological polar surface area (TPSA) is 46.9 Å². The molecule has 0 aliphatic rings. The Morgan fingerprint density at radius 2 is 1.61 bits per heavy atom. The molecule has 4 nitrogen and oxygen atoms in total. The van der Waals surface area contributed by atoms with Crippen molar-refractivity contribution in [3.05, 3.63) is 90.5 Å². The summed E-state index contributed by atoms with van der Waals surface area (Å²) in [7, 11) is 0. The zero-order valence-electron chi connectivity index (χ0n) is 18.0. The third-order valence-electron chi connectivity index (χ3n) is 5.62. The molecule has 0 saturated carbocycles. The molecule has 0 radical (unpaired) electrons. The largest absolute Gasteiger partial charge is 0.354 e. The predicted octanol–water partition coefficient (Wildman–Crippen LogP) is 5.79. The van der Waals surface area contributed by atoms with E-state index < -0.39 is 0 Å². The molecule has 4 aromatic rings. The standard InChI is InChI=1S/C27H29N3O/c1-2-3-20-28-27(31)25(19-18-21-12-6-4-7-13-21)30-24-17-11-10-16-23(24)29-26(30)22-14-8-5-9-15-22/h4-17,25H,2-3,18-20H2,1H3,(H,28,31). The first-order chi connectivity index (χ1) is 15.3. The maximum Gasteiger partial charge on any atom is 0.243 e. The Bertz CT molecular complexity index is 1120. The van der Waals surface area contributed by atoms with Crippen LogP contribution in [0, 0.1) is 0 Å². The molecule has 4 rings (SSSR count). The molecule has 1 unspecified atom stereocenters. The molecule has 1 heterocycles. The zero-order valence-corrected chi connectivity index (χ0v) is 18.0. The van der Waals surface area contributed by atoms with Gasteiger partial charge in [-0.05, 0) is 37.0 Å². The molecule has 1 amide bonds. The molecule has 158 valence electrons. The van der Waals surface area contributed by atoms with E-state index in [0.29, 0.717) is 13.0 Å². The summed E-state index contributed by atoms with van der Waals surface area (Å²) < 4.78 is 2.13. The van der Waals surface area contributed by atoms with E-state index in [9.17, 15) is 4.79 Å². The third-order valence-corrected chi connectivity index (χ3v) is 5.62. The Morgan fingerprint density at radius 3 is 2.35 bits per heavy atom. The first-order valence-electron chi connectivity index (χ1n) is 11.1. The Hall–Kier alpha value is -3.40. The number of amides is 1. The average Bonchev–Trinajstić information content (AvgIpc) is 3.20. The van der Waals surface area contributed by atoms with E-state index in [-0.39, 0.29) is 11.9 Å². The molecule has 31 heavy (non-hydrogen) atoms. The molecular formula is C27H29N3O. The second-order valence-corrected chi connectivity index (χ2v) is 7.84. The lowest BCUT2D eigenvalue weighted by Gasteiger charge is -2.22. The highest BCUT2D eigenvalue weighted by Gasteiger charge is 2.26. The van der Waals surface area contributed by atoms with Crippen molar-refractivity contribution < 1.29 is 4.79 Å². The Balaban J connectivity index is 1.76. The van der Waals surface area contributed by atoms with Crippen LogP contribution in [0.2, 0.25) is 0 Å². The van der Waals surface area contributed by atoms with E-state index in [2.05, 4.69) is 47.1 Å². The molecule has 0 aliphatic carbocycles. The molecule has 3 aromatic carbocycles. The minimum atomic E-state index is -0.334. The molecule has 0 spiro atoms. The first kappa shape index (κ1) is 20.9. The van der Waals surface area contributed by atoms with E-state index in [0.717, 1.165) is 41.7 Å². The normalized spacial score (nSPS) is 12.0. The maximum atomic E-state index is 13.4. The SMILES string of the molecule is CCCCNC(=O)C(CCc1ccccc1)n1c(-c2ccccc2)nc2ccccc21. The fourth-order valence-electron chi connectivity index (χ4n) is 3.98. The van der Waals surface area contributed by atoms with Gasteiger partial charge in [-0.15, -0.1) is 0 Å². The van der Waals surface area contributed by atoms with Crippen LogP contribution in [0.25, 0.3) is 22.4 Å². The van der Waals surface area contributed by atoms with Crippen LogP contribution in [0.4, 0.5) is 0 Å². The molecule has 1 N–H and O–H groups in total. The summed E-state index contributed by atoms with van der Waals surface area (Å²) >= 11 is 0. The maximum absolute atomic E-state index is 13.4. The summed E-state index contributed by atoms with van der Waals surface area (Å²) in [6.07, 6.45) is 3.57. The highest BCUT2D eigenvalue weighted by molar-refractivity contribution is 5.87. The first-order valence-corrected chi connectivity index (χ1v) is 11.1. The monoisotopic (exact) mass is 411 g/mol. The van der Waals surface area contributed by atoms with Gasteiger partial charge in [0, 0.05) is 12.1 Å². The summed E-state index contributed by atoms with van der Waals surface area (Å²) in [5, 5.41) is 3.16. The van der Waals surface area contributed by atoms with Crippen LogP contribution in [0.5, 0.6) is 0 Å². The van der Waals surface area contributed by atoms with E-state index >= 15 is 0 Å². The molecule has 4 heteroatoms. The van der Waals surface area contributed by atoms with Gasteiger partial charge >= 0.3 is 0 Å². The number of benzene rings is 3. The highest BCUT2D eigenvalue weighted by atomic mass is 16.2. The van der Waals surface area contributed by atoms with Gasteiger partial charge in [0.15, 0.2) is 0 Å². The van der Waals surface area contributed by atoms with E-state index in [1.54, 1.807) is 0 Å². The van der Waals surface area contributed by atoms with Crippen LogP contribution in [0.15, 0.2) is 84.9 Å². The van der Waals surface area contributed by atoms with Gasteiger partial charge < -0.3 is 9.88 Å². The summed E-state index contributed by atoms with van der Waals surface area (Å²) in [5.41, 5.74) is 4.15. The number of para-hydroxylation sites is 2. The van der Waals surface area contributed by atoms with Gasteiger partial charge in [-0.3, -0.25) is 4.79 Å². The Kier molecular flexibility index (Phi) is 6.78. The summed E-state index contributed by atoms with van der Waals surface area (Å²) in [6.45, 7) is 2.83. The van der Waals surface area contributed by atoms with Crippen molar-refractivity contribution in [2.24, 2.45) is 0 Å². The van der Waals surface area contributed by atoms with Gasteiger partial charge in [0.2, 0.25) is 5.91 Å². The fourth-order valence-corrected chi connectivity index (χ4v) is 3.98. The number of unbranched alkanes of at least 4 members (excludes halogenated alkanes) is 1. The third kappa shape index (κ3) is 4.85. The van der Waals surface area contributed by atoms with Crippen LogP contribution >= 0.6 is 0 Å². The van der Waals surface area contributed by atoms with E-state index in [4.69, 9.17) is 4.98 Å². The summed E-state index contributed by atoms with van der Waals surface area (Å²) in [4.78, 5) is 18.3. The minimum Gasteiger partial charge on any atom is -0.354 e. The number of carbonyl (C=O) groups is 1. The van der Waals surface area contributed by atoms with Gasteiger partial charge in [-0.2, -0.15) is 0 Å². The molecule has 0 fully saturated rings. The smallest absolute Gasteiger partial charge is 0.243 e. The number of nitrogens with one attached hydrogen (secondary N) is 1. The zero-order chi connectivity index (χ0) is 21.5. The Labute approximate surface area is 183 Å². The van der Waals surface area contributed by atoms with Crippen LogP contribution in [-0.2, 0) is 11.2 Å². The average molecular weight is 412 g/mol. The molecule has 1 atom stereocenters. The van der Waals surface area contributed by atoms with Crippen molar-refractivity contribution in [3.8, 4) is 11.4 Å². The molecule has 0 bridgehead atoms. The lowest BCUT2D eigenvalue weighted by Crippen LogP contribution is -2.34. The number of carbonyl (C=O) groups excluding carboxylic acids is 1. The number of aromatic nitrogens is 2. The molecule has 0 saturated heterocycles. The lowest BCUT2D eigenvalue weighted by atomic mass is 10.0. The molecule has 1 aromatic heterocycles. The minimum absolute atomic E-state index is 0.0599.